The lowest BCUT2D eigenvalue weighted by Crippen LogP contribution is -2.38. The largest absolute Gasteiger partial charge is 0.381 e. The number of ether oxygens (including phenoxy) is 1. The van der Waals surface area contributed by atoms with Gasteiger partial charge in [0.15, 0.2) is 5.82 Å². The zero-order chi connectivity index (χ0) is 30.9. The Bertz CT molecular complexity index is 1720. The molecule has 0 spiro atoms. The second-order valence-corrected chi connectivity index (χ2v) is 12.4. The molecule has 1 atom stereocenters. The van der Waals surface area contributed by atoms with Crippen LogP contribution in [-0.2, 0) is 16.1 Å². The van der Waals surface area contributed by atoms with Gasteiger partial charge in [0.2, 0.25) is 11.9 Å². The van der Waals surface area contributed by atoms with Crippen LogP contribution in [0.1, 0.15) is 71.6 Å². The number of aromatic nitrogens is 4. The summed E-state index contributed by atoms with van der Waals surface area (Å²) in [4.78, 5) is 46.0. The van der Waals surface area contributed by atoms with Crippen molar-refractivity contribution in [2.75, 3.05) is 25.1 Å². The van der Waals surface area contributed by atoms with Gasteiger partial charge in [-0.25, -0.2) is 19.9 Å². The summed E-state index contributed by atoms with van der Waals surface area (Å²) in [6.45, 7) is 3.66. The first-order valence-corrected chi connectivity index (χ1v) is 15.8. The number of anilines is 1. The Labute approximate surface area is 266 Å². The lowest BCUT2D eigenvalue weighted by Gasteiger charge is -2.23. The Balaban J connectivity index is 0.971. The van der Waals surface area contributed by atoms with Crippen molar-refractivity contribution in [1.82, 2.24) is 30.2 Å². The molecule has 1 saturated heterocycles. The highest BCUT2D eigenvalue weighted by molar-refractivity contribution is 6.33. The van der Waals surface area contributed by atoms with Crippen LogP contribution in [0.25, 0.3) is 22.6 Å². The molecule has 11 heteroatoms. The van der Waals surface area contributed by atoms with Crippen LogP contribution >= 0.6 is 11.6 Å². The molecule has 230 valence electrons. The number of nitrogens with one attached hydrogen (secondary N) is 2. The predicted molar refractivity (Wildman–Crippen MR) is 171 cm³/mol. The normalized spacial score (nSPS) is 17.2. The smallest absolute Gasteiger partial charge is 0.254 e. The van der Waals surface area contributed by atoms with Gasteiger partial charge in [-0.3, -0.25) is 9.59 Å². The summed E-state index contributed by atoms with van der Waals surface area (Å²) in [5, 5.41) is 6.79. The van der Waals surface area contributed by atoms with E-state index >= 15 is 0 Å². The fourth-order valence-corrected chi connectivity index (χ4v) is 6.08. The van der Waals surface area contributed by atoms with Gasteiger partial charge in [-0.2, -0.15) is 0 Å². The SMILES string of the molecule is CC(NC(=O)CN1Cc2ccc(-c3nc(NC4CCOCC4)ncc3Cl)cc2C1=O)c1ccc(-c2ncc(C3CC3)cn2)cc1. The van der Waals surface area contributed by atoms with Crippen molar-refractivity contribution < 1.29 is 14.3 Å². The summed E-state index contributed by atoms with van der Waals surface area (Å²) >= 11 is 6.49. The Morgan fingerprint density at radius 1 is 1.00 bits per heavy atom. The molecule has 2 N–H and O–H groups in total. The van der Waals surface area contributed by atoms with Gasteiger partial charge in [-0.15, -0.1) is 0 Å². The molecule has 1 unspecified atom stereocenters. The molecule has 1 saturated carbocycles. The molecule has 0 radical (unpaired) electrons. The summed E-state index contributed by atoms with van der Waals surface area (Å²) < 4.78 is 5.43. The second-order valence-electron chi connectivity index (χ2n) is 12.0. The first-order valence-electron chi connectivity index (χ1n) is 15.4. The van der Waals surface area contributed by atoms with Crippen LogP contribution in [0.4, 0.5) is 5.95 Å². The average molecular weight is 624 g/mol. The van der Waals surface area contributed by atoms with Crippen LogP contribution < -0.4 is 10.6 Å². The molecule has 0 bridgehead atoms. The molecule has 2 aliphatic heterocycles. The maximum Gasteiger partial charge on any atom is 0.254 e. The molecular formula is C34H34ClN7O3. The minimum Gasteiger partial charge on any atom is -0.381 e. The molecular weight excluding hydrogens is 590 g/mol. The van der Waals surface area contributed by atoms with Crippen molar-refractivity contribution in [1.29, 1.82) is 0 Å². The maximum absolute atomic E-state index is 13.4. The number of halogens is 1. The number of amides is 2. The summed E-state index contributed by atoms with van der Waals surface area (Å²) in [6.07, 6.45) is 9.62. The van der Waals surface area contributed by atoms with Gasteiger partial charge >= 0.3 is 0 Å². The molecule has 2 aromatic carbocycles. The number of rotatable bonds is 9. The Hall–Kier alpha value is -4.41. The van der Waals surface area contributed by atoms with Crippen molar-refractivity contribution >= 4 is 29.4 Å². The summed E-state index contributed by atoms with van der Waals surface area (Å²) in [6, 6.07) is 13.5. The van der Waals surface area contributed by atoms with Crippen molar-refractivity contribution in [3.05, 3.63) is 88.3 Å². The first-order chi connectivity index (χ1) is 21.9. The van der Waals surface area contributed by atoms with Gasteiger partial charge in [0.1, 0.15) is 6.54 Å². The van der Waals surface area contributed by atoms with Crippen LogP contribution in [-0.4, -0.2) is 62.5 Å². The standard InChI is InChI=1S/C34H34ClN7O3/c1-20(21-2-6-23(7-3-21)32-36-15-26(16-37-32)22-4-5-22)39-30(43)19-42-18-25-9-8-24(14-28(25)33(42)44)31-29(35)17-38-34(41-31)40-27-10-12-45-13-11-27/h2-3,6-9,14-17,20,22,27H,4-5,10-13,18-19H2,1H3,(H,39,43)(H,38,40,41). The summed E-state index contributed by atoms with van der Waals surface area (Å²) in [7, 11) is 0. The van der Waals surface area contributed by atoms with E-state index in [1.54, 1.807) is 17.2 Å². The number of hydrogen-bond acceptors (Lipinski definition) is 8. The fraction of sp³-hybridized carbons (Fsp3) is 0.353. The average Bonchev–Trinajstić information content (AvgIpc) is 3.87. The molecule has 4 aromatic rings. The van der Waals surface area contributed by atoms with E-state index in [0.717, 1.165) is 35.1 Å². The lowest BCUT2D eigenvalue weighted by atomic mass is 10.0. The topological polar surface area (TPSA) is 122 Å². The molecule has 2 aromatic heterocycles. The van der Waals surface area contributed by atoms with Crippen LogP contribution in [0.3, 0.4) is 0 Å². The third kappa shape index (κ3) is 6.53. The Morgan fingerprint density at radius 3 is 2.47 bits per heavy atom. The van der Waals surface area contributed by atoms with E-state index in [-0.39, 0.29) is 30.4 Å². The number of fused-ring (bicyclic) bond motifs is 1. The molecule has 10 nitrogen and oxygen atoms in total. The molecule has 2 fully saturated rings. The zero-order valence-electron chi connectivity index (χ0n) is 25.0. The molecule has 4 heterocycles. The number of carbonyl (C=O) groups excluding carboxylic acids is 2. The van der Waals surface area contributed by atoms with Crippen LogP contribution in [0.5, 0.6) is 0 Å². The highest BCUT2D eigenvalue weighted by Crippen LogP contribution is 2.39. The van der Waals surface area contributed by atoms with E-state index in [2.05, 4.69) is 30.6 Å². The van der Waals surface area contributed by atoms with Gasteiger partial charge in [0.05, 0.1) is 23.0 Å². The van der Waals surface area contributed by atoms with Crippen molar-refractivity contribution in [2.45, 2.75) is 57.2 Å². The minimum atomic E-state index is -0.236. The van der Waals surface area contributed by atoms with Gasteiger partial charge in [-0.1, -0.05) is 48.0 Å². The second kappa shape index (κ2) is 12.5. The number of carbonyl (C=O) groups is 2. The van der Waals surface area contributed by atoms with Gasteiger partial charge in [-0.05, 0) is 61.3 Å². The van der Waals surface area contributed by atoms with E-state index in [1.807, 2.05) is 55.7 Å². The maximum atomic E-state index is 13.4. The Morgan fingerprint density at radius 2 is 1.73 bits per heavy atom. The van der Waals surface area contributed by atoms with Crippen molar-refractivity contribution in [3.8, 4) is 22.6 Å². The quantitative estimate of drug-likeness (QED) is 0.249. The van der Waals surface area contributed by atoms with Gasteiger partial charge in [0, 0.05) is 54.9 Å². The van der Waals surface area contributed by atoms with E-state index < -0.39 is 0 Å². The first kappa shape index (κ1) is 29.3. The third-order valence-corrected chi connectivity index (χ3v) is 8.94. The lowest BCUT2D eigenvalue weighted by molar-refractivity contribution is -0.122. The van der Waals surface area contributed by atoms with E-state index in [9.17, 15) is 9.59 Å². The zero-order valence-corrected chi connectivity index (χ0v) is 25.8. The monoisotopic (exact) mass is 623 g/mol. The fourth-order valence-electron chi connectivity index (χ4n) is 5.88. The van der Waals surface area contributed by atoms with Gasteiger partial charge in [0.25, 0.3) is 5.91 Å². The van der Waals surface area contributed by atoms with Crippen molar-refractivity contribution in [2.24, 2.45) is 0 Å². The van der Waals surface area contributed by atoms with Gasteiger partial charge < -0.3 is 20.3 Å². The molecule has 1 aliphatic carbocycles. The molecule has 3 aliphatic rings. The third-order valence-electron chi connectivity index (χ3n) is 8.66. The summed E-state index contributed by atoms with van der Waals surface area (Å²) in [5.74, 6) is 1.38. The highest BCUT2D eigenvalue weighted by atomic mass is 35.5. The summed E-state index contributed by atoms with van der Waals surface area (Å²) in [5.41, 5.74) is 5.76. The van der Waals surface area contributed by atoms with Crippen LogP contribution in [0, 0.1) is 0 Å². The van der Waals surface area contributed by atoms with E-state index in [1.165, 1.54) is 18.4 Å². The predicted octanol–water partition coefficient (Wildman–Crippen LogP) is 5.56. The van der Waals surface area contributed by atoms with E-state index in [4.69, 9.17) is 16.3 Å². The highest BCUT2D eigenvalue weighted by Gasteiger charge is 2.30. The van der Waals surface area contributed by atoms with E-state index in [0.29, 0.717) is 53.7 Å². The molecule has 45 heavy (non-hydrogen) atoms. The minimum absolute atomic E-state index is 0.0418. The molecule has 7 rings (SSSR count). The number of benzene rings is 2. The van der Waals surface area contributed by atoms with Crippen molar-refractivity contribution in [3.63, 3.8) is 0 Å². The Kier molecular flexibility index (Phi) is 8.16. The van der Waals surface area contributed by atoms with Crippen LogP contribution in [0.15, 0.2) is 61.1 Å². The number of hydrogen-bond donors (Lipinski definition) is 2. The molecule has 2 amide bonds. The van der Waals surface area contributed by atoms with Crippen LogP contribution in [0.2, 0.25) is 5.02 Å². The number of nitrogens with zero attached hydrogens (tertiary/aromatic N) is 5.